The third-order valence-corrected chi connectivity index (χ3v) is 5.92. The topological polar surface area (TPSA) is 90.0 Å². The maximum atomic E-state index is 13.1. The fourth-order valence-corrected chi connectivity index (χ4v) is 4.34. The zero-order valence-electron chi connectivity index (χ0n) is 17.4. The molecule has 1 fully saturated rings. The molecule has 0 aliphatic carbocycles. The Kier molecular flexibility index (Phi) is 7.12. The lowest BCUT2D eigenvalue weighted by Crippen LogP contribution is -2.39. The highest BCUT2D eigenvalue weighted by Gasteiger charge is 2.28. The predicted molar refractivity (Wildman–Crippen MR) is 118 cm³/mol. The molecule has 30 heavy (non-hydrogen) atoms. The molecule has 1 heterocycles. The minimum absolute atomic E-state index is 0.0555. The van der Waals surface area contributed by atoms with E-state index < -0.39 is 10.0 Å². The van der Waals surface area contributed by atoms with E-state index in [2.05, 4.69) is 9.62 Å². The van der Waals surface area contributed by atoms with E-state index in [4.69, 9.17) is 0 Å². The molecule has 2 N–H and O–H groups in total. The normalized spacial score (nSPS) is 18.2. The number of hydrogen-bond donors (Lipinski definition) is 2. The summed E-state index contributed by atoms with van der Waals surface area (Å²) in [4.78, 5) is 17.0. The number of carbonyl (C=O) groups is 1. The molecule has 3 rings (SSSR count). The number of benzene rings is 2. The smallest absolute Gasteiger partial charge is 0.229 e. The van der Waals surface area contributed by atoms with E-state index in [1.54, 1.807) is 30.1 Å². The molecule has 2 aromatic carbocycles. The Bertz CT molecular complexity index is 965. The van der Waals surface area contributed by atoms with Crippen molar-refractivity contribution in [2.75, 3.05) is 37.7 Å². The van der Waals surface area contributed by atoms with Crippen LogP contribution in [0.1, 0.15) is 23.6 Å². The highest BCUT2D eigenvalue weighted by molar-refractivity contribution is 7.92. The van der Waals surface area contributed by atoms with Crippen LogP contribution in [0.25, 0.3) is 0 Å². The lowest BCUT2D eigenvalue weighted by molar-refractivity contribution is -0.131. The predicted octanol–water partition coefficient (Wildman–Crippen LogP) is 1.87. The van der Waals surface area contributed by atoms with Crippen LogP contribution in [0.2, 0.25) is 0 Å². The van der Waals surface area contributed by atoms with Gasteiger partial charge in [-0.15, -0.1) is 0 Å². The largest absolute Gasteiger partial charge is 0.392 e. The van der Waals surface area contributed by atoms with Crippen LogP contribution in [0.5, 0.6) is 0 Å². The summed E-state index contributed by atoms with van der Waals surface area (Å²) < 4.78 is 25.4. The molecule has 1 aliphatic rings. The average molecular weight is 432 g/mol. The Morgan fingerprint density at radius 3 is 2.60 bits per heavy atom. The third-order valence-electron chi connectivity index (χ3n) is 5.31. The quantitative estimate of drug-likeness (QED) is 0.666. The molecule has 0 radical (unpaired) electrons. The first-order chi connectivity index (χ1) is 14.2. The Balaban J connectivity index is 1.74. The van der Waals surface area contributed by atoms with Gasteiger partial charge in [0.1, 0.15) is 0 Å². The molecule has 2 atom stereocenters. The van der Waals surface area contributed by atoms with Gasteiger partial charge < -0.3 is 10.0 Å². The summed E-state index contributed by atoms with van der Waals surface area (Å²) >= 11 is 0. The van der Waals surface area contributed by atoms with Gasteiger partial charge >= 0.3 is 0 Å². The lowest BCUT2D eigenvalue weighted by atomic mass is 10.0. The number of aliphatic hydroxyl groups excluding tert-OH is 1. The second-order valence-electron chi connectivity index (χ2n) is 7.88. The van der Waals surface area contributed by atoms with Crippen molar-refractivity contribution >= 4 is 21.6 Å². The van der Waals surface area contributed by atoms with Crippen LogP contribution in [0, 0.1) is 0 Å². The lowest BCUT2D eigenvalue weighted by Gasteiger charge is -2.32. The van der Waals surface area contributed by atoms with Crippen molar-refractivity contribution < 1.29 is 18.3 Å². The molecule has 2 aromatic rings. The molecule has 1 amide bonds. The summed E-state index contributed by atoms with van der Waals surface area (Å²) in [5.41, 5.74) is 2.22. The number of aliphatic hydroxyl groups is 1. The van der Waals surface area contributed by atoms with Gasteiger partial charge in [-0.25, -0.2) is 8.42 Å². The third kappa shape index (κ3) is 6.29. The van der Waals surface area contributed by atoms with Gasteiger partial charge in [0.15, 0.2) is 0 Å². The average Bonchev–Trinajstić information content (AvgIpc) is 3.10. The molecular weight excluding hydrogens is 402 g/mol. The van der Waals surface area contributed by atoms with Crippen LogP contribution in [-0.2, 0) is 21.2 Å². The van der Waals surface area contributed by atoms with Crippen molar-refractivity contribution in [3.05, 3.63) is 65.7 Å². The first-order valence-corrected chi connectivity index (χ1v) is 11.9. The number of rotatable bonds is 8. The number of sulfonamides is 1. The Morgan fingerprint density at radius 1 is 1.23 bits per heavy atom. The Hall–Kier alpha value is -2.42. The van der Waals surface area contributed by atoms with E-state index in [1.165, 1.54) is 0 Å². The van der Waals surface area contributed by atoms with Gasteiger partial charge in [-0.05, 0) is 29.7 Å². The second-order valence-corrected chi connectivity index (χ2v) is 9.63. The second kappa shape index (κ2) is 9.59. The number of nitrogens with zero attached hydrogens (tertiary/aromatic N) is 2. The van der Waals surface area contributed by atoms with Gasteiger partial charge in [0, 0.05) is 32.4 Å². The zero-order valence-corrected chi connectivity index (χ0v) is 18.2. The number of hydrogen-bond acceptors (Lipinski definition) is 5. The number of likely N-dealkylation sites (tertiary alicyclic amines) is 1. The van der Waals surface area contributed by atoms with Crippen molar-refractivity contribution in [1.82, 2.24) is 9.80 Å². The highest BCUT2D eigenvalue weighted by atomic mass is 32.2. The Labute approximate surface area is 178 Å². The first kappa shape index (κ1) is 22.3. The minimum atomic E-state index is -3.38. The molecule has 8 heteroatoms. The van der Waals surface area contributed by atoms with E-state index in [9.17, 15) is 18.3 Å². The standard InChI is InChI=1S/C22H29N3O4S/c1-24(22(27)14-17-7-6-10-19(13-17)23-30(2,28)29)21(18-8-4-3-5-9-18)16-25-12-11-20(26)15-25/h3-10,13,20-21,23,26H,11-12,14-16H2,1-2H3. The molecule has 2 unspecified atom stereocenters. The number of anilines is 1. The molecule has 0 bridgehead atoms. The van der Waals surface area contributed by atoms with Gasteiger partial charge in [0.2, 0.25) is 15.9 Å². The van der Waals surface area contributed by atoms with E-state index in [0.717, 1.165) is 30.3 Å². The van der Waals surface area contributed by atoms with Crippen LogP contribution < -0.4 is 4.72 Å². The van der Waals surface area contributed by atoms with Gasteiger partial charge in [0.25, 0.3) is 0 Å². The van der Waals surface area contributed by atoms with Crippen LogP contribution in [-0.4, -0.2) is 68.3 Å². The van der Waals surface area contributed by atoms with Crippen LogP contribution in [0.4, 0.5) is 5.69 Å². The first-order valence-electron chi connectivity index (χ1n) is 9.99. The van der Waals surface area contributed by atoms with E-state index >= 15 is 0 Å². The van der Waals surface area contributed by atoms with Gasteiger partial charge in [0.05, 0.1) is 24.8 Å². The molecular formula is C22H29N3O4S. The monoisotopic (exact) mass is 431 g/mol. The van der Waals surface area contributed by atoms with Crippen molar-refractivity contribution in [2.24, 2.45) is 0 Å². The van der Waals surface area contributed by atoms with E-state index in [-0.39, 0.29) is 24.5 Å². The van der Waals surface area contributed by atoms with Crippen LogP contribution >= 0.6 is 0 Å². The van der Waals surface area contributed by atoms with Crippen LogP contribution in [0.15, 0.2) is 54.6 Å². The van der Waals surface area contributed by atoms with Gasteiger partial charge in [-0.3, -0.25) is 14.4 Å². The molecule has 7 nitrogen and oxygen atoms in total. The van der Waals surface area contributed by atoms with Crippen molar-refractivity contribution in [1.29, 1.82) is 0 Å². The van der Waals surface area contributed by atoms with Crippen molar-refractivity contribution in [3.8, 4) is 0 Å². The molecule has 162 valence electrons. The summed E-state index contributed by atoms with van der Waals surface area (Å²) in [7, 11) is -1.58. The minimum Gasteiger partial charge on any atom is -0.392 e. The summed E-state index contributed by atoms with van der Waals surface area (Å²) in [5, 5.41) is 9.86. The molecule has 0 spiro atoms. The molecule has 1 saturated heterocycles. The maximum Gasteiger partial charge on any atom is 0.229 e. The summed E-state index contributed by atoms with van der Waals surface area (Å²) in [6.45, 7) is 2.08. The van der Waals surface area contributed by atoms with E-state index in [0.29, 0.717) is 18.8 Å². The number of carbonyl (C=O) groups excluding carboxylic acids is 1. The van der Waals surface area contributed by atoms with Crippen LogP contribution in [0.3, 0.4) is 0 Å². The summed E-state index contributed by atoms with van der Waals surface area (Å²) in [6.07, 6.45) is 1.70. The molecule has 1 aliphatic heterocycles. The molecule has 0 saturated carbocycles. The van der Waals surface area contributed by atoms with E-state index in [1.807, 2.05) is 36.4 Å². The number of nitrogens with one attached hydrogen (secondary N) is 1. The van der Waals surface area contributed by atoms with Crippen molar-refractivity contribution in [3.63, 3.8) is 0 Å². The number of amides is 1. The Morgan fingerprint density at radius 2 is 1.97 bits per heavy atom. The maximum absolute atomic E-state index is 13.1. The molecule has 0 aromatic heterocycles. The number of likely N-dealkylation sites (N-methyl/N-ethyl adjacent to an activating group) is 1. The SMILES string of the molecule is CN(C(=O)Cc1cccc(NS(C)(=O)=O)c1)C(CN1CCC(O)C1)c1ccccc1. The fourth-order valence-electron chi connectivity index (χ4n) is 3.78. The number of β-amino-alcohol motifs (C(OH)–C–C–N with tert-alkyl or cyclic N) is 1. The van der Waals surface area contributed by atoms with Gasteiger partial charge in [-0.2, -0.15) is 0 Å². The highest BCUT2D eigenvalue weighted by Crippen LogP contribution is 2.24. The van der Waals surface area contributed by atoms with Crippen molar-refractivity contribution in [2.45, 2.75) is 25.0 Å². The summed E-state index contributed by atoms with van der Waals surface area (Å²) in [6, 6.07) is 16.6. The summed E-state index contributed by atoms with van der Waals surface area (Å²) in [5.74, 6) is -0.0555. The fraction of sp³-hybridized carbons (Fsp3) is 0.409. The van der Waals surface area contributed by atoms with Gasteiger partial charge in [-0.1, -0.05) is 42.5 Å². The zero-order chi connectivity index (χ0) is 21.7.